The molecule has 0 unspecified atom stereocenters. The molecule has 0 radical (unpaired) electrons. The second-order valence-corrected chi connectivity index (χ2v) is 12.1. The smallest absolute Gasteiger partial charge is 0.229 e. The lowest BCUT2D eigenvalue weighted by Crippen LogP contribution is -2.44. The number of likely N-dealkylation sites (N-methyl/N-ethyl adjacent to an activating group) is 1. The van der Waals surface area contributed by atoms with Crippen LogP contribution in [0, 0.1) is 0 Å². The summed E-state index contributed by atoms with van der Waals surface area (Å²) in [5.41, 5.74) is 2.50. The van der Waals surface area contributed by atoms with Crippen molar-refractivity contribution < 1.29 is 9.30 Å². The van der Waals surface area contributed by atoms with Gasteiger partial charge in [0.1, 0.15) is 17.9 Å². The van der Waals surface area contributed by atoms with Gasteiger partial charge in [0, 0.05) is 50.3 Å². The fourth-order valence-electron chi connectivity index (χ4n) is 3.73. The lowest BCUT2D eigenvalue weighted by Gasteiger charge is -2.34. The highest BCUT2D eigenvalue weighted by molar-refractivity contribution is 7.70. The lowest BCUT2D eigenvalue weighted by molar-refractivity contribution is 0.312. The molecule has 1 saturated heterocycles. The summed E-state index contributed by atoms with van der Waals surface area (Å²) in [6, 6.07) is 7.80. The van der Waals surface area contributed by atoms with E-state index in [1.165, 1.54) is 6.20 Å². The number of pyridine rings is 1. The molecule has 2 aromatic heterocycles. The van der Waals surface area contributed by atoms with Gasteiger partial charge in [-0.25, -0.2) is 4.98 Å². The van der Waals surface area contributed by atoms with Crippen LogP contribution in [-0.2, 0) is 4.57 Å². The maximum absolute atomic E-state index is 12.7. The summed E-state index contributed by atoms with van der Waals surface area (Å²) in [6.45, 7) is 7.40. The maximum Gasteiger partial charge on any atom is 0.229 e. The summed E-state index contributed by atoms with van der Waals surface area (Å²) in [5, 5.41) is 7.37. The molecule has 0 amide bonds. The van der Waals surface area contributed by atoms with Gasteiger partial charge in [-0.1, -0.05) is 11.6 Å². The Hall–Kier alpha value is -2.87. The Morgan fingerprint density at radius 2 is 1.82 bits per heavy atom. The van der Waals surface area contributed by atoms with Crippen LogP contribution in [-0.4, -0.2) is 73.5 Å². The van der Waals surface area contributed by atoms with Gasteiger partial charge in [0.2, 0.25) is 5.95 Å². The van der Waals surface area contributed by atoms with Crippen molar-refractivity contribution in [2.45, 2.75) is 0 Å². The van der Waals surface area contributed by atoms with Crippen molar-refractivity contribution in [3.8, 4) is 5.75 Å². The Morgan fingerprint density at radius 1 is 1.06 bits per heavy atom. The van der Waals surface area contributed by atoms with Crippen molar-refractivity contribution in [2.24, 2.45) is 0 Å². The van der Waals surface area contributed by atoms with Crippen molar-refractivity contribution >= 4 is 52.9 Å². The lowest BCUT2D eigenvalue weighted by atomic mass is 10.2. The number of halogens is 1. The molecule has 0 spiro atoms. The van der Waals surface area contributed by atoms with E-state index in [1.54, 1.807) is 38.9 Å². The van der Waals surface area contributed by atoms with Crippen molar-refractivity contribution in [3.63, 3.8) is 0 Å². The highest BCUT2D eigenvalue weighted by atomic mass is 35.5. The molecule has 180 valence electrons. The second-order valence-electron chi connectivity index (χ2n) is 8.56. The molecule has 1 aromatic carbocycles. The van der Waals surface area contributed by atoms with Gasteiger partial charge in [0.25, 0.3) is 0 Å². The zero-order chi connectivity index (χ0) is 24.3. The van der Waals surface area contributed by atoms with Crippen LogP contribution in [0.3, 0.4) is 0 Å². The van der Waals surface area contributed by atoms with E-state index >= 15 is 0 Å². The SMILES string of the molecule is COc1cc(N2CCN(C)CC2)ccc1Nc1ncc(Cl)c(Nc2ccncc2P(C)(C)=O)n1. The zero-order valence-electron chi connectivity index (χ0n) is 19.7. The average Bonchev–Trinajstić information content (AvgIpc) is 2.81. The minimum absolute atomic E-state index is 0.340. The summed E-state index contributed by atoms with van der Waals surface area (Å²) < 4.78 is 18.3. The van der Waals surface area contributed by atoms with Crippen molar-refractivity contribution in [3.05, 3.63) is 47.9 Å². The Kier molecular flexibility index (Phi) is 7.26. The number of hydrogen-bond donors (Lipinski definition) is 2. The van der Waals surface area contributed by atoms with Crippen LogP contribution in [0.4, 0.5) is 28.8 Å². The predicted molar refractivity (Wildman–Crippen MR) is 140 cm³/mol. The Morgan fingerprint density at radius 3 is 2.53 bits per heavy atom. The van der Waals surface area contributed by atoms with Gasteiger partial charge in [-0.2, -0.15) is 4.98 Å². The molecule has 1 fully saturated rings. The molecule has 0 bridgehead atoms. The topological polar surface area (TPSA) is 95.5 Å². The van der Waals surface area contributed by atoms with E-state index in [1.807, 2.05) is 12.1 Å². The number of rotatable bonds is 7. The molecule has 2 N–H and O–H groups in total. The van der Waals surface area contributed by atoms with Gasteiger partial charge in [0.15, 0.2) is 5.82 Å². The third-order valence-corrected chi connectivity index (χ3v) is 7.47. The third-order valence-electron chi connectivity index (χ3n) is 5.68. The number of ether oxygens (including phenoxy) is 1. The van der Waals surface area contributed by atoms with Crippen LogP contribution < -0.4 is 25.6 Å². The summed E-state index contributed by atoms with van der Waals surface area (Å²) >= 11 is 6.36. The molecule has 1 aliphatic rings. The van der Waals surface area contributed by atoms with E-state index < -0.39 is 7.14 Å². The van der Waals surface area contributed by atoms with Crippen molar-refractivity contribution in [1.29, 1.82) is 0 Å². The van der Waals surface area contributed by atoms with Gasteiger partial charge in [0.05, 0.1) is 30.0 Å². The number of methoxy groups -OCH3 is 1. The second kappa shape index (κ2) is 10.2. The first kappa shape index (κ1) is 24.3. The van der Waals surface area contributed by atoms with Gasteiger partial charge in [-0.3, -0.25) is 4.98 Å². The van der Waals surface area contributed by atoms with Crippen molar-refractivity contribution in [2.75, 3.05) is 69.2 Å². The van der Waals surface area contributed by atoms with Gasteiger partial charge in [-0.15, -0.1) is 0 Å². The Bertz CT molecular complexity index is 1210. The molecule has 11 heteroatoms. The summed E-state index contributed by atoms with van der Waals surface area (Å²) in [6.07, 6.45) is 4.75. The fourth-order valence-corrected chi connectivity index (χ4v) is 4.92. The predicted octanol–water partition coefficient (Wildman–Crippen LogP) is 4.02. The minimum atomic E-state index is -2.56. The third kappa shape index (κ3) is 5.60. The maximum atomic E-state index is 12.7. The fraction of sp³-hybridized carbons (Fsp3) is 0.348. The van der Waals surface area contributed by atoms with Crippen LogP contribution in [0.25, 0.3) is 0 Å². The monoisotopic (exact) mass is 501 g/mol. The van der Waals surface area contributed by atoms with Gasteiger partial charge < -0.3 is 29.7 Å². The van der Waals surface area contributed by atoms with Gasteiger partial charge in [-0.05, 0) is 38.6 Å². The van der Waals surface area contributed by atoms with E-state index in [2.05, 4.69) is 48.5 Å². The number of nitrogens with one attached hydrogen (secondary N) is 2. The van der Waals surface area contributed by atoms with Gasteiger partial charge >= 0.3 is 0 Å². The highest BCUT2D eigenvalue weighted by Gasteiger charge is 2.19. The molecule has 4 rings (SSSR count). The normalized spacial score (nSPS) is 14.7. The first-order valence-corrected chi connectivity index (χ1v) is 13.9. The van der Waals surface area contributed by atoms with Crippen LogP contribution in [0.5, 0.6) is 5.75 Å². The van der Waals surface area contributed by atoms with E-state index in [-0.39, 0.29) is 0 Å². The minimum Gasteiger partial charge on any atom is -0.494 e. The highest BCUT2D eigenvalue weighted by Crippen LogP contribution is 2.38. The molecule has 3 aromatic rings. The Balaban J connectivity index is 1.56. The summed E-state index contributed by atoms with van der Waals surface area (Å²) in [7, 11) is 1.22. The molecule has 1 aliphatic heterocycles. The summed E-state index contributed by atoms with van der Waals surface area (Å²) in [4.78, 5) is 17.6. The largest absolute Gasteiger partial charge is 0.494 e. The molecule has 34 heavy (non-hydrogen) atoms. The first-order chi connectivity index (χ1) is 16.2. The number of piperazine rings is 1. The quantitative estimate of drug-likeness (QED) is 0.465. The number of benzene rings is 1. The molecule has 3 heterocycles. The molecular weight excluding hydrogens is 473 g/mol. The van der Waals surface area contributed by atoms with E-state index in [0.717, 1.165) is 37.6 Å². The zero-order valence-corrected chi connectivity index (χ0v) is 21.4. The molecule has 0 saturated carbocycles. The number of hydrogen-bond acceptors (Lipinski definition) is 9. The van der Waals surface area contributed by atoms with E-state index in [4.69, 9.17) is 16.3 Å². The van der Waals surface area contributed by atoms with Crippen LogP contribution in [0.1, 0.15) is 0 Å². The van der Waals surface area contributed by atoms with Crippen LogP contribution in [0.15, 0.2) is 42.9 Å². The molecule has 0 atom stereocenters. The number of aromatic nitrogens is 3. The first-order valence-electron chi connectivity index (χ1n) is 10.9. The van der Waals surface area contributed by atoms with Crippen LogP contribution >= 0.6 is 18.7 Å². The molecule has 9 nitrogen and oxygen atoms in total. The molecular formula is C23H29ClN7O2P. The number of anilines is 5. The van der Waals surface area contributed by atoms with E-state index in [9.17, 15) is 4.57 Å². The Labute approximate surface area is 204 Å². The number of nitrogens with zero attached hydrogens (tertiary/aromatic N) is 5. The van der Waals surface area contributed by atoms with Crippen LogP contribution in [0.2, 0.25) is 5.02 Å². The van der Waals surface area contributed by atoms with Crippen molar-refractivity contribution in [1.82, 2.24) is 19.9 Å². The molecule has 0 aliphatic carbocycles. The average molecular weight is 502 g/mol. The summed E-state index contributed by atoms with van der Waals surface area (Å²) in [5.74, 6) is 1.44. The standard InChI is InChI=1S/C23H29ClN7O2P/c1-30-9-11-31(12-10-30)16-5-6-18(20(13-16)33-2)28-23-26-14-17(24)22(29-23)27-19-7-8-25-15-21(19)34(3,4)32/h5-8,13-15H,9-12H2,1-4H3,(H2,25,26,27,28,29). The van der Waals surface area contributed by atoms with E-state index in [0.29, 0.717) is 33.5 Å².